The molecule has 1 heterocycles. The number of nitrogens with zero attached hydrogens (tertiary/aromatic N) is 1. The first kappa shape index (κ1) is 25.0. The number of benzene rings is 3. The lowest BCUT2D eigenvalue weighted by molar-refractivity contribution is -0.137. The monoisotopic (exact) mass is 524 g/mol. The maximum absolute atomic E-state index is 13.9. The average Bonchev–Trinajstić information content (AvgIpc) is 2.82. The molecular weight excluding hydrogens is 508 g/mol. The third-order valence-electron chi connectivity index (χ3n) is 5.25. The Hall–Kier alpha value is -4.13. The van der Waals surface area contributed by atoms with Crippen LogP contribution in [0.3, 0.4) is 0 Å². The average molecular weight is 524 g/mol. The topological polar surface area (TPSA) is 113 Å². The molecule has 188 valence electrons. The highest BCUT2D eigenvalue weighted by Gasteiger charge is 2.35. The number of alkyl halides is 3. The zero-order valence-corrected chi connectivity index (χ0v) is 18.9. The van der Waals surface area contributed by atoms with E-state index in [0.29, 0.717) is 6.07 Å². The van der Waals surface area contributed by atoms with Crippen molar-refractivity contribution >= 4 is 33.3 Å². The zero-order chi connectivity index (χ0) is 26.3. The van der Waals surface area contributed by atoms with E-state index >= 15 is 0 Å². The third-order valence-corrected chi connectivity index (χ3v) is 7.06. The molecule has 13 heteroatoms. The lowest BCUT2D eigenvalue weighted by atomic mass is 10.1. The summed E-state index contributed by atoms with van der Waals surface area (Å²) in [6, 6.07) is 10.1. The molecule has 8 nitrogen and oxygen atoms in total. The molecule has 0 radical (unpaired) electrons. The Balaban J connectivity index is 1.66. The molecule has 0 unspecified atom stereocenters. The summed E-state index contributed by atoms with van der Waals surface area (Å²) in [5.41, 5.74) is -1.91. The minimum atomic E-state index is -4.75. The number of anilines is 2. The molecule has 0 aromatic heterocycles. The van der Waals surface area contributed by atoms with E-state index in [1.165, 1.54) is 24.3 Å². The number of rotatable bonds is 5. The maximum Gasteiger partial charge on any atom is 0.416 e. The number of fused-ring (bicyclic) bond motifs is 1. The van der Waals surface area contributed by atoms with Crippen molar-refractivity contribution in [2.24, 2.45) is 0 Å². The van der Waals surface area contributed by atoms with Gasteiger partial charge in [0.15, 0.2) is 0 Å². The van der Waals surface area contributed by atoms with E-state index in [-0.39, 0.29) is 35.8 Å². The second kappa shape index (κ2) is 9.15. The van der Waals surface area contributed by atoms with Crippen LogP contribution in [0.4, 0.5) is 28.9 Å². The second-order valence-electron chi connectivity index (χ2n) is 7.59. The SMILES string of the molecule is O=C(Nc1ccc(C(=O)O)c(F)c1)c1ccc2c(c1)N(S(=O)(=O)c1cccc(C(F)(F)F)c1)CCO2. The predicted octanol–water partition coefficient (Wildman–Crippen LogP) is 4.38. The third kappa shape index (κ3) is 4.82. The molecule has 0 saturated heterocycles. The van der Waals surface area contributed by atoms with Crippen LogP contribution in [0.1, 0.15) is 26.3 Å². The fraction of sp³-hybridized carbons (Fsp3) is 0.130. The predicted molar refractivity (Wildman–Crippen MR) is 119 cm³/mol. The summed E-state index contributed by atoms with van der Waals surface area (Å²) >= 11 is 0. The highest BCUT2D eigenvalue weighted by atomic mass is 32.2. The summed E-state index contributed by atoms with van der Waals surface area (Å²) in [5, 5.41) is 11.3. The molecule has 3 aromatic carbocycles. The summed E-state index contributed by atoms with van der Waals surface area (Å²) in [6.45, 7) is -0.301. The number of carboxylic acid groups (broad SMARTS) is 1. The van der Waals surface area contributed by atoms with Crippen molar-refractivity contribution in [3.8, 4) is 5.75 Å². The Kier molecular flexibility index (Phi) is 6.35. The summed E-state index contributed by atoms with van der Waals surface area (Å²) in [4.78, 5) is 23.1. The molecule has 0 spiro atoms. The summed E-state index contributed by atoms with van der Waals surface area (Å²) in [7, 11) is -4.46. The van der Waals surface area contributed by atoms with Gasteiger partial charge in [-0.1, -0.05) is 6.07 Å². The minimum absolute atomic E-state index is 0.0510. The van der Waals surface area contributed by atoms with Gasteiger partial charge in [-0.05, 0) is 54.6 Å². The van der Waals surface area contributed by atoms with E-state index in [1.54, 1.807) is 0 Å². The van der Waals surface area contributed by atoms with Gasteiger partial charge in [0, 0.05) is 11.3 Å². The van der Waals surface area contributed by atoms with E-state index in [9.17, 15) is 35.6 Å². The molecule has 1 aliphatic rings. The van der Waals surface area contributed by atoms with Gasteiger partial charge in [0.2, 0.25) is 0 Å². The molecule has 4 rings (SSSR count). The molecule has 36 heavy (non-hydrogen) atoms. The van der Waals surface area contributed by atoms with Crippen molar-refractivity contribution in [2.45, 2.75) is 11.1 Å². The van der Waals surface area contributed by atoms with E-state index < -0.39 is 49.9 Å². The normalized spacial score (nSPS) is 13.5. The van der Waals surface area contributed by atoms with Gasteiger partial charge in [-0.25, -0.2) is 17.6 Å². The van der Waals surface area contributed by atoms with Crippen LogP contribution in [0, 0.1) is 5.82 Å². The van der Waals surface area contributed by atoms with Crippen LogP contribution in [0.15, 0.2) is 65.6 Å². The van der Waals surface area contributed by atoms with E-state index in [4.69, 9.17) is 9.84 Å². The van der Waals surface area contributed by atoms with Gasteiger partial charge in [0.1, 0.15) is 18.2 Å². The first-order valence-corrected chi connectivity index (χ1v) is 11.6. The first-order valence-electron chi connectivity index (χ1n) is 10.2. The Morgan fingerprint density at radius 1 is 1.03 bits per heavy atom. The largest absolute Gasteiger partial charge is 0.489 e. The molecule has 0 bridgehead atoms. The molecule has 1 amide bonds. The van der Waals surface area contributed by atoms with Crippen molar-refractivity contribution in [3.63, 3.8) is 0 Å². The number of hydrogen-bond acceptors (Lipinski definition) is 5. The maximum atomic E-state index is 13.9. The van der Waals surface area contributed by atoms with Gasteiger partial charge in [-0.3, -0.25) is 9.10 Å². The minimum Gasteiger partial charge on any atom is -0.489 e. The Bertz CT molecular complexity index is 1470. The van der Waals surface area contributed by atoms with Gasteiger partial charge in [-0.15, -0.1) is 0 Å². The van der Waals surface area contributed by atoms with Crippen LogP contribution in [-0.2, 0) is 16.2 Å². The van der Waals surface area contributed by atoms with Gasteiger partial charge in [-0.2, -0.15) is 13.2 Å². The Morgan fingerprint density at radius 2 is 1.78 bits per heavy atom. The number of carbonyl (C=O) groups excluding carboxylic acids is 1. The highest BCUT2D eigenvalue weighted by molar-refractivity contribution is 7.92. The molecule has 0 atom stereocenters. The van der Waals surface area contributed by atoms with Crippen molar-refractivity contribution < 1.29 is 45.4 Å². The van der Waals surface area contributed by atoms with Crippen molar-refractivity contribution in [1.82, 2.24) is 0 Å². The lowest BCUT2D eigenvalue weighted by Gasteiger charge is -2.31. The van der Waals surface area contributed by atoms with E-state index in [2.05, 4.69) is 5.32 Å². The van der Waals surface area contributed by atoms with Crippen LogP contribution >= 0.6 is 0 Å². The van der Waals surface area contributed by atoms with Crippen LogP contribution < -0.4 is 14.4 Å². The number of hydrogen-bond donors (Lipinski definition) is 2. The Morgan fingerprint density at radius 3 is 2.44 bits per heavy atom. The van der Waals surface area contributed by atoms with Crippen molar-refractivity contribution in [2.75, 3.05) is 22.8 Å². The van der Waals surface area contributed by atoms with Gasteiger partial charge in [0.25, 0.3) is 15.9 Å². The van der Waals surface area contributed by atoms with Crippen molar-refractivity contribution in [1.29, 1.82) is 0 Å². The number of carboxylic acids is 1. The number of carbonyl (C=O) groups is 2. The molecular formula is C23H16F4N2O6S. The number of amides is 1. The number of aromatic carboxylic acids is 1. The Labute approximate surface area is 201 Å². The van der Waals surface area contributed by atoms with Crippen LogP contribution in [-0.4, -0.2) is 38.6 Å². The molecule has 0 aliphatic carbocycles. The quantitative estimate of drug-likeness (QED) is 0.479. The van der Waals surface area contributed by atoms with Crippen LogP contribution in [0.5, 0.6) is 5.75 Å². The molecule has 0 saturated carbocycles. The highest BCUT2D eigenvalue weighted by Crippen LogP contribution is 2.37. The summed E-state index contributed by atoms with van der Waals surface area (Å²) in [5.74, 6) is -3.24. The molecule has 1 aliphatic heterocycles. The summed E-state index contributed by atoms with van der Waals surface area (Å²) in [6.07, 6.45) is -4.75. The molecule has 3 aromatic rings. The van der Waals surface area contributed by atoms with E-state index in [0.717, 1.165) is 34.6 Å². The first-order chi connectivity index (χ1) is 16.9. The van der Waals surface area contributed by atoms with Crippen LogP contribution in [0.25, 0.3) is 0 Å². The smallest absolute Gasteiger partial charge is 0.416 e. The van der Waals surface area contributed by atoms with E-state index in [1.807, 2.05) is 0 Å². The number of nitrogens with one attached hydrogen (secondary N) is 1. The van der Waals surface area contributed by atoms with Gasteiger partial charge < -0.3 is 15.2 Å². The second-order valence-corrected chi connectivity index (χ2v) is 9.45. The number of sulfonamides is 1. The molecule has 0 fully saturated rings. The lowest BCUT2D eigenvalue weighted by Crippen LogP contribution is -2.38. The summed E-state index contributed by atoms with van der Waals surface area (Å²) < 4.78 is 86.1. The fourth-order valence-corrected chi connectivity index (χ4v) is 5.01. The van der Waals surface area contributed by atoms with Gasteiger partial charge in [0.05, 0.1) is 28.3 Å². The van der Waals surface area contributed by atoms with Gasteiger partial charge >= 0.3 is 12.1 Å². The van der Waals surface area contributed by atoms with Crippen LogP contribution in [0.2, 0.25) is 0 Å². The number of ether oxygens (including phenoxy) is 1. The molecule has 2 N–H and O–H groups in total. The number of halogens is 4. The van der Waals surface area contributed by atoms with Crippen molar-refractivity contribution in [3.05, 3.63) is 83.2 Å². The fourth-order valence-electron chi connectivity index (χ4n) is 3.51. The zero-order valence-electron chi connectivity index (χ0n) is 18.0. The standard InChI is InChI=1S/C23H16F4N2O6S/c24-18-12-15(5-6-17(18)22(31)32)28-21(30)13-4-7-20-19(10-13)29(8-9-35-20)36(33,34)16-3-1-2-14(11-16)23(25,26)27/h1-7,10-12H,8-9H2,(H,28,30)(H,31,32).